The Bertz CT molecular complexity index is 1430. The predicted molar refractivity (Wildman–Crippen MR) is 133 cm³/mol. The highest BCUT2D eigenvalue weighted by Crippen LogP contribution is 2.33. The summed E-state index contributed by atoms with van der Waals surface area (Å²) < 4.78 is 34.7. The van der Waals surface area contributed by atoms with Gasteiger partial charge in [-0.2, -0.15) is 5.10 Å². The third-order valence-electron chi connectivity index (χ3n) is 6.41. The highest BCUT2D eigenvalue weighted by Gasteiger charge is 2.29. The van der Waals surface area contributed by atoms with Gasteiger partial charge < -0.3 is 19.8 Å². The molecule has 4 aromatic rings. The second-order valence-corrected chi connectivity index (χ2v) is 9.83. The molecule has 9 nitrogen and oxygen atoms in total. The lowest BCUT2D eigenvalue weighted by atomic mass is 9.98. The highest BCUT2D eigenvalue weighted by atomic mass is 19.1. The summed E-state index contributed by atoms with van der Waals surface area (Å²) in [5.41, 5.74) is 1.40. The number of nitrogens with zero attached hydrogens (tertiary/aromatic N) is 6. The molecule has 1 fully saturated rings. The van der Waals surface area contributed by atoms with Gasteiger partial charge in [-0.25, -0.2) is 18.7 Å². The fourth-order valence-corrected chi connectivity index (χ4v) is 4.37. The Labute approximate surface area is 212 Å². The molecule has 2 N–H and O–H groups in total. The molecular weight excluding hydrogens is 482 g/mol. The number of aromatic nitrogens is 5. The molecule has 4 heterocycles. The van der Waals surface area contributed by atoms with Gasteiger partial charge in [0.25, 0.3) is 0 Å². The summed E-state index contributed by atoms with van der Waals surface area (Å²) in [7, 11) is 1.82. The Morgan fingerprint density at radius 2 is 1.84 bits per heavy atom. The quantitative estimate of drug-likeness (QED) is 0.405. The van der Waals surface area contributed by atoms with Crippen LogP contribution in [0.25, 0.3) is 22.3 Å². The van der Waals surface area contributed by atoms with Crippen LogP contribution in [0.2, 0.25) is 0 Å². The number of benzene rings is 1. The van der Waals surface area contributed by atoms with Crippen molar-refractivity contribution in [1.82, 2.24) is 24.7 Å². The molecule has 0 aliphatic carbocycles. The van der Waals surface area contributed by atoms with E-state index in [2.05, 4.69) is 15.0 Å². The van der Waals surface area contributed by atoms with E-state index in [0.717, 1.165) is 11.6 Å². The molecule has 0 bridgehead atoms. The van der Waals surface area contributed by atoms with Crippen molar-refractivity contribution < 1.29 is 23.7 Å². The van der Waals surface area contributed by atoms with Gasteiger partial charge in [-0.05, 0) is 32.0 Å². The SMILES string of the molecule is Cn1cc(-c2nc3cc([C@@H](O)C(C)(C)O)ncc3nc2N2CCC(Oc3ccc(F)cc3F)CC2)cn1. The number of anilines is 1. The fourth-order valence-electron chi connectivity index (χ4n) is 4.37. The lowest BCUT2D eigenvalue weighted by Gasteiger charge is -2.33. The average molecular weight is 511 g/mol. The Balaban J connectivity index is 1.44. The molecule has 1 saturated heterocycles. The van der Waals surface area contributed by atoms with Gasteiger partial charge in [-0.1, -0.05) is 0 Å². The van der Waals surface area contributed by atoms with Crippen LogP contribution in [-0.2, 0) is 7.05 Å². The second kappa shape index (κ2) is 9.64. The maximum atomic E-state index is 14.0. The number of aryl methyl sites for hydroxylation is 1. The number of aliphatic hydroxyl groups excluding tert-OH is 1. The van der Waals surface area contributed by atoms with Crippen molar-refractivity contribution in [3.63, 3.8) is 0 Å². The number of hydrogen-bond acceptors (Lipinski definition) is 8. The monoisotopic (exact) mass is 510 g/mol. The molecule has 3 aromatic heterocycles. The molecule has 0 saturated carbocycles. The van der Waals surface area contributed by atoms with Crippen LogP contribution in [0.1, 0.15) is 38.5 Å². The van der Waals surface area contributed by atoms with Crippen LogP contribution in [0.4, 0.5) is 14.6 Å². The van der Waals surface area contributed by atoms with Crippen molar-refractivity contribution in [1.29, 1.82) is 0 Å². The number of aliphatic hydroxyl groups is 2. The highest BCUT2D eigenvalue weighted by molar-refractivity contribution is 5.83. The summed E-state index contributed by atoms with van der Waals surface area (Å²) >= 11 is 0. The van der Waals surface area contributed by atoms with Crippen molar-refractivity contribution in [3.05, 3.63) is 60.2 Å². The normalized spacial score (nSPS) is 15.8. The zero-order chi connectivity index (χ0) is 26.3. The van der Waals surface area contributed by atoms with Gasteiger partial charge in [0.15, 0.2) is 17.4 Å². The first-order valence-corrected chi connectivity index (χ1v) is 12.0. The molecule has 1 aliphatic heterocycles. The molecule has 1 atom stereocenters. The lowest BCUT2D eigenvalue weighted by molar-refractivity contribution is -0.0516. The smallest absolute Gasteiger partial charge is 0.167 e. The third kappa shape index (κ3) is 5.23. The predicted octanol–water partition coefficient (Wildman–Crippen LogP) is 3.56. The average Bonchev–Trinajstić information content (AvgIpc) is 3.30. The van der Waals surface area contributed by atoms with Crippen LogP contribution in [0, 0.1) is 11.6 Å². The summed E-state index contributed by atoms with van der Waals surface area (Å²) in [4.78, 5) is 16.1. The minimum absolute atomic E-state index is 0.0384. The molecule has 1 aliphatic rings. The molecule has 11 heteroatoms. The maximum Gasteiger partial charge on any atom is 0.167 e. The largest absolute Gasteiger partial charge is 0.487 e. The van der Waals surface area contributed by atoms with Crippen LogP contribution in [0.15, 0.2) is 42.9 Å². The van der Waals surface area contributed by atoms with Gasteiger partial charge in [0.2, 0.25) is 0 Å². The molecule has 5 rings (SSSR count). The molecule has 194 valence electrons. The summed E-state index contributed by atoms with van der Waals surface area (Å²) in [6, 6.07) is 4.93. The topological polar surface area (TPSA) is 109 Å². The second-order valence-electron chi connectivity index (χ2n) is 9.83. The van der Waals surface area contributed by atoms with Gasteiger partial charge in [0, 0.05) is 50.8 Å². The molecule has 1 aromatic carbocycles. The van der Waals surface area contributed by atoms with E-state index in [1.54, 1.807) is 16.9 Å². The lowest BCUT2D eigenvalue weighted by Crippen LogP contribution is -2.39. The van der Waals surface area contributed by atoms with Gasteiger partial charge >= 0.3 is 0 Å². The zero-order valence-corrected chi connectivity index (χ0v) is 20.8. The first kappa shape index (κ1) is 25.0. The van der Waals surface area contributed by atoms with Gasteiger partial charge in [-0.15, -0.1) is 0 Å². The van der Waals surface area contributed by atoms with E-state index >= 15 is 0 Å². The number of pyridine rings is 1. The van der Waals surface area contributed by atoms with Crippen molar-refractivity contribution >= 4 is 16.9 Å². The van der Waals surface area contributed by atoms with Crippen LogP contribution < -0.4 is 9.64 Å². The summed E-state index contributed by atoms with van der Waals surface area (Å²) in [6.07, 6.45) is 4.90. The maximum absolute atomic E-state index is 14.0. The number of ether oxygens (including phenoxy) is 1. The summed E-state index contributed by atoms with van der Waals surface area (Å²) in [5.74, 6) is -0.669. The van der Waals surface area contributed by atoms with E-state index < -0.39 is 23.3 Å². The summed E-state index contributed by atoms with van der Waals surface area (Å²) in [5, 5.41) is 25.0. The standard InChI is InChI=1S/C26H28F2N6O3/c1-26(2,36)24(35)20-11-19-21(13-29-20)32-25(23(31-19)15-12-30-33(3)14-15)34-8-6-17(7-9-34)37-22-5-4-16(27)10-18(22)28/h4-5,10-14,17,24,35-36H,6-9H2,1-3H3/t24-/m1/s1. The number of rotatable bonds is 6. The van der Waals surface area contributed by atoms with E-state index in [9.17, 15) is 19.0 Å². The van der Waals surface area contributed by atoms with Gasteiger partial charge in [0.05, 0.1) is 29.2 Å². The minimum atomic E-state index is -1.37. The number of piperidine rings is 1. The van der Waals surface area contributed by atoms with E-state index in [1.165, 1.54) is 32.2 Å². The number of hydrogen-bond donors (Lipinski definition) is 2. The molecule has 0 unspecified atom stereocenters. The first-order valence-electron chi connectivity index (χ1n) is 12.0. The van der Waals surface area contributed by atoms with Gasteiger partial charge in [-0.3, -0.25) is 9.67 Å². The fraction of sp³-hybridized carbons (Fsp3) is 0.385. The molecule has 0 radical (unpaired) electrons. The molecule has 0 amide bonds. The van der Waals surface area contributed by atoms with Crippen molar-refractivity contribution in [2.45, 2.75) is 44.5 Å². The van der Waals surface area contributed by atoms with Gasteiger partial charge in [0.1, 0.15) is 29.2 Å². The van der Waals surface area contributed by atoms with E-state index in [0.29, 0.717) is 54.2 Å². The Hall–Kier alpha value is -3.70. The van der Waals surface area contributed by atoms with Crippen LogP contribution in [0.3, 0.4) is 0 Å². The van der Waals surface area contributed by atoms with Crippen LogP contribution >= 0.6 is 0 Å². The van der Waals surface area contributed by atoms with Crippen LogP contribution in [0.5, 0.6) is 5.75 Å². The molecule has 0 spiro atoms. The van der Waals surface area contributed by atoms with Crippen molar-refractivity contribution in [3.8, 4) is 17.0 Å². The Morgan fingerprint density at radius 3 is 2.49 bits per heavy atom. The van der Waals surface area contributed by atoms with Crippen molar-refractivity contribution in [2.24, 2.45) is 7.05 Å². The van der Waals surface area contributed by atoms with Crippen molar-refractivity contribution in [2.75, 3.05) is 18.0 Å². The van der Waals surface area contributed by atoms with E-state index in [-0.39, 0.29) is 11.9 Å². The molecule has 37 heavy (non-hydrogen) atoms. The summed E-state index contributed by atoms with van der Waals surface area (Å²) in [6.45, 7) is 4.20. The van der Waals surface area contributed by atoms with E-state index in [1.807, 2.05) is 13.2 Å². The minimum Gasteiger partial charge on any atom is -0.487 e. The molecular formula is C26H28F2N6O3. The van der Waals surface area contributed by atoms with Crippen LogP contribution in [-0.4, -0.2) is 59.7 Å². The third-order valence-corrected chi connectivity index (χ3v) is 6.41. The van der Waals surface area contributed by atoms with E-state index in [4.69, 9.17) is 14.7 Å². The number of halogens is 2. The first-order chi connectivity index (χ1) is 17.6. The zero-order valence-electron chi connectivity index (χ0n) is 20.8. The number of fused-ring (bicyclic) bond motifs is 1. The Kier molecular flexibility index (Phi) is 6.50. The Morgan fingerprint density at radius 1 is 1.08 bits per heavy atom.